The topological polar surface area (TPSA) is 55.8 Å². The molecule has 2 saturated heterocycles. The number of piperidine rings is 1. The molecule has 2 aliphatic heterocycles. The van der Waals surface area contributed by atoms with Crippen LogP contribution in [0.1, 0.15) is 44.7 Å². The van der Waals surface area contributed by atoms with Crippen LogP contribution in [-0.2, 0) is 24.9 Å². The Hall–Kier alpha value is -0.950. The molecule has 0 unspecified atom stereocenters. The summed E-state index contributed by atoms with van der Waals surface area (Å²) in [5.41, 5.74) is 1.73. The Kier molecular flexibility index (Phi) is 4.53. The molecular formula is C18H27NO4S. The molecule has 0 aliphatic carbocycles. The van der Waals surface area contributed by atoms with Gasteiger partial charge in [-0.2, -0.15) is 4.31 Å². The van der Waals surface area contributed by atoms with E-state index in [1.807, 2.05) is 25.1 Å². The van der Waals surface area contributed by atoms with Gasteiger partial charge in [0, 0.05) is 25.9 Å². The van der Waals surface area contributed by atoms with Crippen LogP contribution in [0, 0.1) is 6.92 Å². The minimum atomic E-state index is -3.50. The third-order valence-electron chi connectivity index (χ3n) is 4.97. The quantitative estimate of drug-likeness (QED) is 0.820. The van der Waals surface area contributed by atoms with E-state index >= 15 is 0 Å². The molecule has 0 N–H and O–H groups in total. The summed E-state index contributed by atoms with van der Waals surface area (Å²) in [6.45, 7) is 10.2. The fourth-order valence-corrected chi connectivity index (χ4v) is 5.03. The van der Waals surface area contributed by atoms with Crippen LogP contribution in [0.25, 0.3) is 0 Å². The first-order valence-corrected chi connectivity index (χ1v) is 9.97. The van der Waals surface area contributed by atoms with Crippen LogP contribution < -0.4 is 0 Å². The molecule has 0 bridgehead atoms. The van der Waals surface area contributed by atoms with Gasteiger partial charge in [0.25, 0.3) is 0 Å². The van der Waals surface area contributed by atoms with Crippen LogP contribution in [0.4, 0.5) is 0 Å². The molecule has 2 heterocycles. The Morgan fingerprint density at radius 2 is 1.67 bits per heavy atom. The van der Waals surface area contributed by atoms with Gasteiger partial charge < -0.3 is 9.47 Å². The van der Waals surface area contributed by atoms with E-state index in [9.17, 15) is 8.42 Å². The van der Waals surface area contributed by atoms with E-state index < -0.39 is 15.8 Å². The summed E-state index contributed by atoms with van der Waals surface area (Å²) >= 11 is 0. The van der Waals surface area contributed by atoms with Gasteiger partial charge in [0.1, 0.15) is 0 Å². The highest BCUT2D eigenvalue weighted by Crippen LogP contribution is 2.34. The molecule has 2 aliphatic rings. The van der Waals surface area contributed by atoms with Gasteiger partial charge in [-0.25, -0.2) is 8.42 Å². The zero-order valence-electron chi connectivity index (χ0n) is 15.0. The van der Waals surface area contributed by atoms with Crippen molar-refractivity contribution in [3.05, 3.63) is 29.3 Å². The van der Waals surface area contributed by atoms with Gasteiger partial charge in [-0.1, -0.05) is 32.9 Å². The van der Waals surface area contributed by atoms with Crippen molar-refractivity contribution in [2.75, 3.05) is 26.3 Å². The molecule has 3 rings (SSSR count). The van der Waals surface area contributed by atoms with Crippen LogP contribution in [0.15, 0.2) is 23.1 Å². The molecular weight excluding hydrogens is 326 g/mol. The third kappa shape index (κ3) is 3.25. The van der Waals surface area contributed by atoms with Crippen LogP contribution in [-0.4, -0.2) is 44.8 Å². The first-order valence-electron chi connectivity index (χ1n) is 8.53. The van der Waals surface area contributed by atoms with Crippen molar-refractivity contribution in [1.82, 2.24) is 4.31 Å². The number of nitrogens with zero attached hydrogens (tertiary/aromatic N) is 1. The molecule has 0 amide bonds. The first-order chi connectivity index (χ1) is 11.1. The second kappa shape index (κ2) is 6.09. The fraction of sp³-hybridized carbons (Fsp3) is 0.667. The predicted octanol–water partition coefficient (Wildman–Crippen LogP) is 2.82. The molecule has 0 atom stereocenters. The van der Waals surface area contributed by atoms with Gasteiger partial charge in [-0.15, -0.1) is 0 Å². The minimum Gasteiger partial charge on any atom is -0.347 e. The van der Waals surface area contributed by atoms with Crippen molar-refractivity contribution in [3.63, 3.8) is 0 Å². The van der Waals surface area contributed by atoms with Crippen molar-refractivity contribution in [1.29, 1.82) is 0 Å². The second-order valence-corrected chi connectivity index (χ2v) is 9.65. The first kappa shape index (κ1) is 17.9. The number of ether oxygens (including phenoxy) is 2. The lowest BCUT2D eigenvalue weighted by molar-refractivity contribution is -0.179. The zero-order chi connectivity index (χ0) is 17.6. The predicted molar refractivity (Wildman–Crippen MR) is 92.5 cm³/mol. The summed E-state index contributed by atoms with van der Waals surface area (Å²) in [6.07, 6.45) is 1.18. The lowest BCUT2D eigenvalue weighted by Gasteiger charge is -2.37. The average Bonchev–Trinajstić information content (AvgIpc) is 2.95. The Balaban J connectivity index is 1.86. The van der Waals surface area contributed by atoms with Crippen molar-refractivity contribution >= 4 is 10.0 Å². The number of sulfonamides is 1. The van der Waals surface area contributed by atoms with Crippen LogP contribution >= 0.6 is 0 Å². The zero-order valence-corrected chi connectivity index (χ0v) is 15.8. The van der Waals surface area contributed by atoms with Crippen LogP contribution in [0.2, 0.25) is 0 Å². The highest BCUT2D eigenvalue weighted by Gasteiger charge is 2.43. The molecule has 1 spiro atoms. The third-order valence-corrected chi connectivity index (χ3v) is 7.01. The Labute approximate surface area is 145 Å². The standard InChI is InChI=1S/C18H27NO4S/c1-14-5-6-15(17(2,3)4)13-16(14)24(20,21)19-9-7-18(8-10-19)22-11-12-23-18/h5-6,13H,7-12H2,1-4H3. The lowest BCUT2D eigenvalue weighted by atomic mass is 9.87. The highest BCUT2D eigenvalue weighted by atomic mass is 32.2. The van der Waals surface area contributed by atoms with Gasteiger partial charge in [-0.05, 0) is 29.5 Å². The van der Waals surface area contributed by atoms with E-state index in [2.05, 4.69) is 20.8 Å². The second-order valence-electron chi connectivity index (χ2n) is 7.74. The summed E-state index contributed by atoms with van der Waals surface area (Å²) in [7, 11) is -3.50. The number of aryl methyl sites for hydroxylation is 1. The maximum atomic E-state index is 13.1. The molecule has 2 fully saturated rings. The highest BCUT2D eigenvalue weighted by molar-refractivity contribution is 7.89. The van der Waals surface area contributed by atoms with E-state index in [0.717, 1.165) is 11.1 Å². The molecule has 5 nitrogen and oxygen atoms in total. The van der Waals surface area contributed by atoms with Crippen molar-refractivity contribution in [2.24, 2.45) is 0 Å². The molecule has 24 heavy (non-hydrogen) atoms. The van der Waals surface area contributed by atoms with E-state index in [1.165, 1.54) is 0 Å². The van der Waals surface area contributed by atoms with Gasteiger partial charge in [0.15, 0.2) is 5.79 Å². The van der Waals surface area contributed by atoms with Crippen LogP contribution in [0.5, 0.6) is 0 Å². The molecule has 0 radical (unpaired) electrons. The van der Waals surface area contributed by atoms with Gasteiger partial charge in [-0.3, -0.25) is 0 Å². The van der Waals surface area contributed by atoms with Crippen LogP contribution in [0.3, 0.4) is 0 Å². The van der Waals surface area contributed by atoms with E-state index in [1.54, 1.807) is 4.31 Å². The lowest BCUT2D eigenvalue weighted by Crippen LogP contribution is -2.47. The fourth-order valence-electron chi connectivity index (χ4n) is 3.34. The van der Waals surface area contributed by atoms with Crippen molar-refractivity contribution in [2.45, 2.75) is 56.6 Å². The monoisotopic (exact) mass is 353 g/mol. The summed E-state index contributed by atoms with van der Waals surface area (Å²) in [4.78, 5) is 0.416. The maximum Gasteiger partial charge on any atom is 0.243 e. The smallest absolute Gasteiger partial charge is 0.243 e. The Bertz CT molecular complexity index is 705. The summed E-state index contributed by atoms with van der Waals surface area (Å²) < 4.78 is 39.2. The largest absolute Gasteiger partial charge is 0.347 e. The molecule has 0 saturated carbocycles. The van der Waals surface area contributed by atoms with Gasteiger partial charge in [0.05, 0.1) is 18.1 Å². The average molecular weight is 353 g/mol. The SMILES string of the molecule is Cc1ccc(C(C)(C)C)cc1S(=O)(=O)N1CCC2(CC1)OCCO2. The normalized spacial score (nSPS) is 22.2. The van der Waals surface area contributed by atoms with E-state index in [0.29, 0.717) is 44.0 Å². The Morgan fingerprint density at radius 1 is 1.08 bits per heavy atom. The number of hydrogen-bond acceptors (Lipinski definition) is 4. The molecule has 6 heteroatoms. The van der Waals surface area contributed by atoms with E-state index in [-0.39, 0.29) is 5.41 Å². The summed E-state index contributed by atoms with van der Waals surface area (Å²) in [5.74, 6) is -0.561. The molecule has 1 aromatic carbocycles. The Morgan fingerprint density at radius 3 is 2.21 bits per heavy atom. The van der Waals surface area contributed by atoms with Crippen molar-refractivity contribution < 1.29 is 17.9 Å². The summed E-state index contributed by atoms with van der Waals surface area (Å²) in [6, 6.07) is 5.75. The van der Waals surface area contributed by atoms with Gasteiger partial charge >= 0.3 is 0 Å². The molecule has 1 aromatic rings. The number of rotatable bonds is 2. The van der Waals surface area contributed by atoms with E-state index in [4.69, 9.17) is 9.47 Å². The van der Waals surface area contributed by atoms with Gasteiger partial charge in [0.2, 0.25) is 10.0 Å². The minimum absolute atomic E-state index is 0.0878. The molecule has 134 valence electrons. The maximum absolute atomic E-state index is 13.1. The van der Waals surface area contributed by atoms with Crippen molar-refractivity contribution in [3.8, 4) is 0 Å². The molecule has 0 aromatic heterocycles. The summed E-state index contributed by atoms with van der Waals surface area (Å²) in [5, 5.41) is 0. The number of hydrogen-bond donors (Lipinski definition) is 0. The number of benzene rings is 1.